The van der Waals surface area contributed by atoms with Crippen molar-refractivity contribution in [1.82, 2.24) is 0 Å². The minimum Gasteiger partial charge on any atom is -0.0794 e. The Hall–Kier alpha value is -1.60. The SMILES string of the molecule is C[SiH](C1C=Cc2c(-c3cc(C(C)(C)C)cc(C(C)(C)C)c3)cccc21)C1(C)CCCCC1. The summed E-state index contributed by atoms with van der Waals surface area (Å²) in [6.45, 7) is 19.3. The summed E-state index contributed by atoms with van der Waals surface area (Å²) in [6.07, 6.45) is 12.2. The van der Waals surface area contributed by atoms with Gasteiger partial charge in [0, 0.05) is 0 Å². The average molecular weight is 445 g/mol. The van der Waals surface area contributed by atoms with E-state index in [1.807, 2.05) is 0 Å². The molecule has 2 aliphatic rings. The van der Waals surface area contributed by atoms with E-state index in [2.05, 4.69) is 104 Å². The van der Waals surface area contributed by atoms with Crippen LogP contribution in [0.4, 0.5) is 0 Å². The van der Waals surface area contributed by atoms with E-state index < -0.39 is 8.80 Å². The molecule has 4 rings (SSSR count). The van der Waals surface area contributed by atoms with E-state index in [4.69, 9.17) is 0 Å². The van der Waals surface area contributed by atoms with Gasteiger partial charge in [0.05, 0.1) is 8.80 Å². The summed E-state index contributed by atoms with van der Waals surface area (Å²) in [5, 5.41) is 0.608. The van der Waals surface area contributed by atoms with Crippen molar-refractivity contribution < 1.29 is 0 Å². The Morgan fingerprint density at radius 3 is 2.00 bits per heavy atom. The van der Waals surface area contributed by atoms with Gasteiger partial charge in [0.1, 0.15) is 0 Å². The van der Waals surface area contributed by atoms with Gasteiger partial charge in [-0.2, -0.15) is 0 Å². The summed E-state index contributed by atoms with van der Waals surface area (Å²) >= 11 is 0. The number of fused-ring (bicyclic) bond motifs is 1. The van der Waals surface area contributed by atoms with Crippen LogP contribution in [0.5, 0.6) is 0 Å². The molecule has 32 heavy (non-hydrogen) atoms. The summed E-state index contributed by atoms with van der Waals surface area (Å²) in [5.74, 6) is 0. The van der Waals surface area contributed by atoms with Crippen molar-refractivity contribution in [1.29, 1.82) is 0 Å². The molecule has 2 atom stereocenters. The van der Waals surface area contributed by atoms with Crippen LogP contribution in [-0.2, 0) is 10.8 Å². The van der Waals surface area contributed by atoms with Crippen LogP contribution in [0.1, 0.15) is 108 Å². The lowest BCUT2D eigenvalue weighted by molar-refractivity contribution is 0.392. The van der Waals surface area contributed by atoms with Gasteiger partial charge < -0.3 is 0 Å². The first-order valence-corrected chi connectivity index (χ1v) is 15.3. The van der Waals surface area contributed by atoms with E-state index in [9.17, 15) is 0 Å². The van der Waals surface area contributed by atoms with Crippen molar-refractivity contribution in [2.24, 2.45) is 0 Å². The van der Waals surface area contributed by atoms with Gasteiger partial charge in [0.2, 0.25) is 0 Å². The molecular formula is C31H44Si. The second-order valence-corrected chi connectivity index (χ2v) is 16.7. The van der Waals surface area contributed by atoms with Gasteiger partial charge in [-0.05, 0) is 54.8 Å². The van der Waals surface area contributed by atoms with Crippen molar-refractivity contribution >= 4 is 14.9 Å². The maximum atomic E-state index is 2.65. The lowest BCUT2D eigenvalue weighted by Gasteiger charge is -2.41. The Kier molecular flexibility index (Phi) is 6.12. The quantitative estimate of drug-likeness (QED) is 0.414. The van der Waals surface area contributed by atoms with Crippen molar-refractivity contribution in [3.8, 4) is 11.1 Å². The monoisotopic (exact) mass is 444 g/mol. The van der Waals surface area contributed by atoms with Crippen LogP contribution in [-0.4, -0.2) is 8.80 Å². The molecule has 1 fully saturated rings. The van der Waals surface area contributed by atoms with E-state index in [1.165, 1.54) is 59.9 Å². The molecule has 0 radical (unpaired) electrons. The molecule has 0 N–H and O–H groups in total. The zero-order valence-corrected chi connectivity index (χ0v) is 23.0. The van der Waals surface area contributed by atoms with E-state index in [0.29, 0.717) is 10.6 Å². The molecule has 0 bridgehead atoms. The van der Waals surface area contributed by atoms with E-state index in [-0.39, 0.29) is 10.8 Å². The highest BCUT2D eigenvalue weighted by Gasteiger charge is 2.39. The molecule has 0 amide bonds. The Morgan fingerprint density at radius 2 is 1.44 bits per heavy atom. The molecule has 2 unspecified atom stereocenters. The third-order valence-corrected chi connectivity index (χ3v) is 13.0. The summed E-state index contributed by atoms with van der Waals surface area (Å²) in [7, 11) is -0.964. The van der Waals surface area contributed by atoms with Crippen molar-refractivity contribution in [3.05, 3.63) is 64.7 Å². The van der Waals surface area contributed by atoms with E-state index in [1.54, 1.807) is 5.56 Å². The molecule has 0 aliphatic heterocycles. The first-order chi connectivity index (χ1) is 14.9. The minimum absolute atomic E-state index is 0.142. The predicted molar refractivity (Wildman–Crippen MR) is 146 cm³/mol. The molecule has 172 valence electrons. The predicted octanol–water partition coefficient (Wildman–Crippen LogP) is 9.18. The third-order valence-electron chi connectivity index (χ3n) is 8.58. The zero-order chi connectivity index (χ0) is 23.3. The Balaban J connectivity index is 1.78. The number of allylic oxidation sites excluding steroid dienone is 1. The van der Waals surface area contributed by atoms with Crippen LogP contribution in [0, 0.1) is 0 Å². The van der Waals surface area contributed by atoms with Crippen LogP contribution in [0.25, 0.3) is 17.2 Å². The Morgan fingerprint density at radius 1 is 0.844 bits per heavy atom. The molecule has 0 heterocycles. The summed E-state index contributed by atoms with van der Waals surface area (Å²) in [4.78, 5) is 0. The highest BCUT2D eigenvalue weighted by atomic mass is 28.3. The van der Waals surface area contributed by atoms with Crippen LogP contribution in [0.2, 0.25) is 11.6 Å². The van der Waals surface area contributed by atoms with Crippen LogP contribution in [0.15, 0.2) is 42.5 Å². The first-order valence-electron chi connectivity index (χ1n) is 12.9. The van der Waals surface area contributed by atoms with Crippen molar-refractivity contribution in [3.63, 3.8) is 0 Å². The highest BCUT2D eigenvalue weighted by Crippen LogP contribution is 2.51. The smallest absolute Gasteiger partial charge is 0.0525 e. The zero-order valence-electron chi connectivity index (χ0n) is 21.8. The van der Waals surface area contributed by atoms with Crippen molar-refractivity contribution in [2.75, 3.05) is 0 Å². The molecule has 2 aliphatic carbocycles. The van der Waals surface area contributed by atoms with Crippen LogP contribution in [0.3, 0.4) is 0 Å². The topological polar surface area (TPSA) is 0 Å². The maximum absolute atomic E-state index is 2.65. The molecule has 0 spiro atoms. The summed E-state index contributed by atoms with van der Waals surface area (Å²) in [5.41, 5.74) is 9.75. The van der Waals surface area contributed by atoms with Gasteiger partial charge in [-0.15, -0.1) is 0 Å². The fourth-order valence-electron chi connectivity index (χ4n) is 5.95. The lowest BCUT2D eigenvalue weighted by Crippen LogP contribution is -2.34. The first kappa shape index (κ1) is 23.6. The van der Waals surface area contributed by atoms with Crippen molar-refractivity contribution in [2.45, 2.75) is 109 Å². The molecule has 0 saturated heterocycles. The highest BCUT2D eigenvalue weighted by molar-refractivity contribution is 6.63. The van der Waals surface area contributed by atoms with Gasteiger partial charge in [0.15, 0.2) is 0 Å². The van der Waals surface area contributed by atoms with Gasteiger partial charge >= 0.3 is 0 Å². The third kappa shape index (κ3) is 4.43. The fraction of sp³-hybridized carbons (Fsp3) is 0.548. The fourth-order valence-corrected chi connectivity index (χ4v) is 9.41. The second kappa shape index (κ2) is 8.31. The Labute approximate surface area is 199 Å². The number of hydrogen-bond donors (Lipinski definition) is 0. The van der Waals surface area contributed by atoms with E-state index >= 15 is 0 Å². The van der Waals surface area contributed by atoms with Gasteiger partial charge in [-0.3, -0.25) is 0 Å². The average Bonchev–Trinajstić information content (AvgIpc) is 3.16. The lowest BCUT2D eigenvalue weighted by atomic mass is 9.78. The molecule has 1 heteroatoms. The minimum atomic E-state index is -0.964. The maximum Gasteiger partial charge on any atom is 0.0525 e. The van der Waals surface area contributed by atoms with Gasteiger partial charge in [-0.25, -0.2) is 0 Å². The molecule has 1 saturated carbocycles. The molecule has 0 nitrogen and oxygen atoms in total. The largest absolute Gasteiger partial charge is 0.0794 e. The summed E-state index contributed by atoms with van der Waals surface area (Å²) < 4.78 is 0. The standard InChI is InChI=1S/C31H44Si/c1-29(2,3)23-19-22(20-24(21-23)30(4,5)6)25-13-12-14-27-26(25)15-16-28(27)32(8)31(7)17-10-9-11-18-31/h12-16,19-21,28,32H,9-11,17-18H2,1-8H3. The molecule has 2 aromatic carbocycles. The number of benzene rings is 2. The molecule has 0 aromatic heterocycles. The van der Waals surface area contributed by atoms with Crippen LogP contribution < -0.4 is 0 Å². The van der Waals surface area contributed by atoms with Gasteiger partial charge in [0.25, 0.3) is 0 Å². The number of rotatable bonds is 3. The number of hydrogen-bond acceptors (Lipinski definition) is 0. The summed E-state index contributed by atoms with van der Waals surface area (Å²) in [6, 6.07) is 14.4. The van der Waals surface area contributed by atoms with E-state index in [0.717, 1.165) is 0 Å². The molecular weight excluding hydrogens is 400 g/mol. The second-order valence-electron chi connectivity index (χ2n) is 13.0. The normalized spacial score (nSPS) is 21.4. The molecule has 2 aromatic rings. The Bertz CT molecular complexity index is 973. The van der Waals surface area contributed by atoms with Gasteiger partial charge in [-0.1, -0.05) is 136 Å². The van der Waals surface area contributed by atoms with Crippen LogP contribution >= 0.6 is 0 Å².